The van der Waals surface area contributed by atoms with E-state index in [1.165, 1.54) is 0 Å². The zero-order valence-corrected chi connectivity index (χ0v) is 13.0. The van der Waals surface area contributed by atoms with Crippen molar-refractivity contribution in [3.05, 3.63) is 9.02 Å². The van der Waals surface area contributed by atoms with E-state index >= 15 is 0 Å². The molecule has 96 valence electrons. The van der Waals surface area contributed by atoms with Crippen LogP contribution in [0.3, 0.4) is 0 Å². The Kier molecular flexibility index (Phi) is 4.67. The second-order valence-corrected chi connectivity index (χ2v) is 6.45. The Morgan fingerprint density at radius 1 is 1.18 bits per heavy atom. The van der Waals surface area contributed by atoms with E-state index in [1.807, 2.05) is 0 Å². The van der Waals surface area contributed by atoms with Gasteiger partial charge >= 0.3 is 0 Å². The van der Waals surface area contributed by atoms with Gasteiger partial charge in [0.25, 0.3) is 0 Å². The monoisotopic (exact) mass is 270 g/mol. The first-order valence-electron chi connectivity index (χ1n) is 6.06. The van der Waals surface area contributed by atoms with Gasteiger partial charge < -0.3 is 10.2 Å². The van der Waals surface area contributed by atoms with Crippen LogP contribution in [-0.4, -0.2) is 20.1 Å². The summed E-state index contributed by atoms with van der Waals surface area (Å²) in [5.41, 5.74) is 2.52. The van der Waals surface area contributed by atoms with Crippen molar-refractivity contribution in [1.29, 1.82) is 0 Å². The minimum absolute atomic E-state index is 0.344. The van der Waals surface area contributed by atoms with Gasteiger partial charge in [-0.25, -0.2) is 0 Å². The van der Waals surface area contributed by atoms with E-state index in [9.17, 15) is 0 Å². The Morgan fingerprint density at radius 3 is 2.24 bits per heavy atom. The largest absolute Gasteiger partial charge is 0.382 e. The number of rotatable bonds is 5. The van der Waals surface area contributed by atoms with E-state index in [0.717, 1.165) is 39.9 Å². The van der Waals surface area contributed by atoms with Gasteiger partial charge in [0.1, 0.15) is 0 Å². The molecule has 0 aliphatic rings. The summed E-state index contributed by atoms with van der Waals surface area (Å²) in [5, 5.41) is 3.43. The Morgan fingerprint density at radius 2 is 1.76 bits per heavy atom. The quantitative estimate of drug-likeness (QED) is 0.801. The van der Waals surface area contributed by atoms with E-state index in [-0.39, 0.29) is 0 Å². The van der Waals surface area contributed by atoms with E-state index in [0.29, 0.717) is 5.41 Å². The fourth-order valence-electron chi connectivity index (χ4n) is 1.63. The second kappa shape index (κ2) is 5.44. The highest BCUT2D eigenvalue weighted by Crippen LogP contribution is 2.35. The molecule has 17 heavy (non-hydrogen) atoms. The average Bonchev–Trinajstić information content (AvgIpc) is 2.25. The number of nitrogens with zero attached hydrogens (tertiary/aromatic N) is 1. The molecule has 0 fully saturated rings. The summed E-state index contributed by atoms with van der Waals surface area (Å²) in [4.78, 5) is 2.15. The van der Waals surface area contributed by atoms with Crippen molar-refractivity contribution >= 4 is 35.8 Å². The molecule has 0 bridgehead atoms. The Bertz CT molecular complexity index is 450. The number of anilines is 2. The fourth-order valence-corrected chi connectivity index (χ4v) is 2.25. The second-order valence-electron chi connectivity index (χ2n) is 5.63. The molecular formula is C13H22N2S2. The number of hydrogen-bond acceptors (Lipinski definition) is 4. The van der Waals surface area contributed by atoms with Crippen LogP contribution in [0.1, 0.15) is 34.1 Å². The van der Waals surface area contributed by atoms with E-state index in [4.69, 9.17) is 24.4 Å². The van der Waals surface area contributed by atoms with Gasteiger partial charge in [0.15, 0.2) is 0 Å². The average molecular weight is 270 g/mol. The summed E-state index contributed by atoms with van der Waals surface area (Å²) >= 11 is 10.6. The van der Waals surface area contributed by atoms with Crippen LogP contribution < -0.4 is 10.2 Å². The Hall–Kier alpha value is -0.480. The van der Waals surface area contributed by atoms with E-state index in [1.54, 1.807) is 0 Å². The molecule has 0 aliphatic heterocycles. The van der Waals surface area contributed by atoms with Crippen LogP contribution in [0.15, 0.2) is 0 Å². The third kappa shape index (κ3) is 3.49. The van der Waals surface area contributed by atoms with Gasteiger partial charge in [-0.15, -0.1) is 0 Å². The standard InChI is InChI=1S/C13H22N2S2/c1-6-15(5)10-9(11(16)12(10)17)14-8-7-13(2,3)4/h14H,6-8H2,1-5H3. The first-order chi connectivity index (χ1) is 7.78. The third-order valence-electron chi connectivity index (χ3n) is 2.92. The van der Waals surface area contributed by atoms with Crippen LogP contribution in [0.25, 0.3) is 0 Å². The van der Waals surface area contributed by atoms with Crippen molar-refractivity contribution in [2.45, 2.75) is 34.1 Å². The van der Waals surface area contributed by atoms with E-state index < -0.39 is 0 Å². The predicted octanol–water partition coefficient (Wildman–Crippen LogP) is 4.33. The molecule has 0 heterocycles. The molecule has 0 spiro atoms. The summed E-state index contributed by atoms with van der Waals surface area (Å²) in [6.45, 7) is 10.7. The molecule has 4 heteroatoms. The lowest BCUT2D eigenvalue weighted by Gasteiger charge is -2.26. The lowest BCUT2D eigenvalue weighted by Crippen LogP contribution is -2.22. The maximum atomic E-state index is 5.29. The van der Waals surface area contributed by atoms with Crippen LogP contribution in [0.2, 0.25) is 0 Å². The summed E-state index contributed by atoms with van der Waals surface area (Å²) in [5.74, 6) is 0. The van der Waals surface area contributed by atoms with Gasteiger partial charge in [-0.3, -0.25) is 0 Å². The molecule has 0 radical (unpaired) electrons. The first-order valence-corrected chi connectivity index (χ1v) is 6.88. The predicted molar refractivity (Wildman–Crippen MR) is 82.0 cm³/mol. The minimum atomic E-state index is 0.344. The Labute approximate surface area is 115 Å². The van der Waals surface area contributed by atoms with Crippen LogP contribution in [0.4, 0.5) is 11.4 Å². The highest BCUT2D eigenvalue weighted by molar-refractivity contribution is 7.74. The molecule has 1 N–H and O–H groups in total. The van der Waals surface area contributed by atoms with Crippen LogP contribution in [0.5, 0.6) is 0 Å². The molecule has 2 nitrogen and oxygen atoms in total. The molecule has 0 saturated heterocycles. The van der Waals surface area contributed by atoms with Crippen LogP contribution >= 0.6 is 24.4 Å². The fraction of sp³-hybridized carbons (Fsp3) is 0.692. The molecule has 0 atom stereocenters. The molecule has 0 aliphatic carbocycles. The molecule has 1 rings (SSSR count). The van der Waals surface area contributed by atoms with Crippen LogP contribution in [-0.2, 0) is 0 Å². The van der Waals surface area contributed by atoms with Gasteiger partial charge in [0, 0.05) is 20.1 Å². The molecule has 1 aromatic carbocycles. The highest BCUT2D eigenvalue weighted by Gasteiger charge is 2.18. The lowest BCUT2D eigenvalue weighted by atomic mass is 9.92. The maximum absolute atomic E-state index is 5.29. The van der Waals surface area contributed by atoms with Gasteiger partial charge in [-0.2, -0.15) is 0 Å². The summed E-state index contributed by atoms with van der Waals surface area (Å²) in [6.07, 6.45) is 1.12. The maximum Gasteiger partial charge on any atom is 0.0834 e. The molecule has 0 unspecified atom stereocenters. The van der Waals surface area contributed by atoms with Crippen molar-refractivity contribution in [3.8, 4) is 0 Å². The first kappa shape index (κ1) is 14.6. The SMILES string of the molecule is CCN(C)c1c(NCCC(C)(C)C)c(=S)c1=S. The molecular weight excluding hydrogens is 248 g/mol. The number of nitrogens with one attached hydrogen (secondary N) is 1. The zero-order valence-electron chi connectivity index (χ0n) is 11.4. The third-order valence-corrected chi connectivity index (χ3v) is 3.85. The normalized spacial score (nSPS) is 11.8. The zero-order chi connectivity index (χ0) is 13.2. The number of hydrogen-bond donors (Lipinski definition) is 1. The summed E-state index contributed by atoms with van der Waals surface area (Å²) < 4.78 is 1.66. The van der Waals surface area contributed by atoms with Gasteiger partial charge in [0.2, 0.25) is 0 Å². The van der Waals surface area contributed by atoms with E-state index in [2.05, 4.69) is 45.0 Å². The smallest absolute Gasteiger partial charge is 0.0834 e. The molecule has 0 aromatic heterocycles. The Balaban J connectivity index is 2.70. The van der Waals surface area contributed by atoms with Crippen molar-refractivity contribution in [2.24, 2.45) is 5.41 Å². The highest BCUT2D eigenvalue weighted by atomic mass is 32.1. The minimum Gasteiger partial charge on any atom is -0.382 e. The van der Waals surface area contributed by atoms with Gasteiger partial charge in [-0.1, -0.05) is 45.2 Å². The van der Waals surface area contributed by atoms with Crippen LogP contribution in [0, 0.1) is 14.4 Å². The van der Waals surface area contributed by atoms with Gasteiger partial charge in [0.05, 0.1) is 20.4 Å². The summed E-state index contributed by atoms with van der Waals surface area (Å²) in [6, 6.07) is 0. The van der Waals surface area contributed by atoms with Gasteiger partial charge in [-0.05, 0) is 18.8 Å². The summed E-state index contributed by atoms with van der Waals surface area (Å²) in [7, 11) is 2.05. The van der Waals surface area contributed by atoms with Crippen molar-refractivity contribution in [2.75, 3.05) is 30.4 Å². The molecule has 1 aromatic rings. The van der Waals surface area contributed by atoms with Crippen molar-refractivity contribution in [3.63, 3.8) is 0 Å². The lowest BCUT2D eigenvalue weighted by molar-refractivity contribution is 0.390. The van der Waals surface area contributed by atoms with Crippen molar-refractivity contribution in [1.82, 2.24) is 0 Å². The molecule has 0 amide bonds. The topological polar surface area (TPSA) is 15.3 Å². The van der Waals surface area contributed by atoms with Crippen molar-refractivity contribution < 1.29 is 0 Å². The molecule has 0 saturated carbocycles.